The van der Waals surface area contributed by atoms with Gasteiger partial charge in [0.2, 0.25) is 0 Å². The third kappa shape index (κ3) is 6.59. The van der Waals surface area contributed by atoms with E-state index in [0.717, 1.165) is 66.5 Å². The Morgan fingerprint density at radius 3 is 2.65 bits per heavy atom. The minimum Gasteiger partial charge on any atom is -0.394 e. The highest BCUT2D eigenvalue weighted by molar-refractivity contribution is 5.84. The van der Waals surface area contributed by atoms with Gasteiger partial charge in [0.05, 0.1) is 31.6 Å². The Kier molecular flexibility index (Phi) is 8.53. The molecule has 194 valence electrons. The van der Waals surface area contributed by atoms with E-state index in [2.05, 4.69) is 63.0 Å². The molecule has 0 spiro atoms. The predicted molar refractivity (Wildman–Crippen MR) is 143 cm³/mol. The Hall–Kier alpha value is -3.17. The van der Waals surface area contributed by atoms with Crippen LogP contribution in [-0.4, -0.2) is 66.4 Å². The lowest BCUT2D eigenvalue weighted by Crippen LogP contribution is -2.41. The van der Waals surface area contributed by atoms with Crippen molar-refractivity contribution >= 4 is 11.5 Å². The Morgan fingerprint density at radius 2 is 1.84 bits per heavy atom. The number of ether oxygens (including phenoxy) is 1. The van der Waals surface area contributed by atoms with E-state index in [0.29, 0.717) is 32.6 Å². The second-order valence-electron chi connectivity index (χ2n) is 9.66. The van der Waals surface area contributed by atoms with Crippen LogP contribution >= 0.6 is 0 Å². The highest BCUT2D eigenvalue weighted by atomic mass is 16.5. The Labute approximate surface area is 218 Å². The number of nitrogens with zero attached hydrogens (tertiary/aromatic N) is 3. The first kappa shape index (κ1) is 25.5. The first-order valence-electron chi connectivity index (χ1n) is 13.1. The third-order valence-corrected chi connectivity index (χ3v) is 7.03. The van der Waals surface area contributed by atoms with Crippen molar-refractivity contribution in [2.24, 2.45) is 0 Å². The molecule has 4 heterocycles. The Balaban J connectivity index is 1.46. The van der Waals surface area contributed by atoms with E-state index in [1.807, 2.05) is 12.3 Å². The minimum absolute atomic E-state index is 0.0392. The lowest BCUT2D eigenvalue weighted by molar-refractivity contribution is -0.122. The van der Waals surface area contributed by atoms with E-state index in [9.17, 15) is 9.90 Å². The number of carbonyl (C=O) groups is 1. The summed E-state index contributed by atoms with van der Waals surface area (Å²) in [4.78, 5) is 24.5. The standard InChI is InChI=1S/C29H35N5O3/c35-20-26-28(36)2-1-10-30-18-21-3-6-23(7-4-21)25-9-11-31-29(33-25)17-22-5-8-27(24(16-22)19-32-26)34-12-14-37-15-13-34/h3-9,11,16,26,30,32,35H,1-2,10,12-15,17-20H2/t26-/m0/s1. The zero-order valence-corrected chi connectivity index (χ0v) is 21.2. The average Bonchev–Trinajstić information content (AvgIpc) is 2.94. The number of ketones is 1. The van der Waals surface area contributed by atoms with Crippen LogP contribution in [0.25, 0.3) is 11.3 Å². The summed E-state index contributed by atoms with van der Waals surface area (Å²) in [5, 5.41) is 16.7. The molecule has 3 aliphatic heterocycles. The predicted octanol–water partition coefficient (Wildman–Crippen LogP) is 2.47. The van der Waals surface area contributed by atoms with Gasteiger partial charge in [0.25, 0.3) is 0 Å². The van der Waals surface area contributed by atoms with Crippen LogP contribution in [-0.2, 0) is 29.0 Å². The molecule has 0 aliphatic carbocycles. The summed E-state index contributed by atoms with van der Waals surface area (Å²) in [6, 6.07) is 16.2. The van der Waals surface area contributed by atoms with Gasteiger partial charge < -0.3 is 25.4 Å². The van der Waals surface area contributed by atoms with Gasteiger partial charge in [0.1, 0.15) is 5.82 Å². The number of aromatic nitrogens is 2. The number of aliphatic hydroxyl groups is 1. The monoisotopic (exact) mass is 501 g/mol. The van der Waals surface area contributed by atoms with Crippen molar-refractivity contribution in [2.75, 3.05) is 44.4 Å². The number of benzene rings is 2. The lowest BCUT2D eigenvalue weighted by atomic mass is 10.0. The number of carbonyl (C=O) groups excluding carboxylic acids is 1. The molecule has 0 amide bonds. The van der Waals surface area contributed by atoms with Crippen LogP contribution in [0.15, 0.2) is 54.7 Å². The molecule has 6 bridgehead atoms. The van der Waals surface area contributed by atoms with Crippen molar-refractivity contribution in [3.05, 3.63) is 77.2 Å². The van der Waals surface area contributed by atoms with Crippen LogP contribution in [0.1, 0.15) is 35.4 Å². The number of rotatable bonds is 2. The molecular formula is C29H35N5O3. The number of Topliss-reactive ketones (excluding diaryl/α,β-unsaturated/α-hetero) is 1. The SMILES string of the molecule is O=C1CCCNCc2ccc(cc2)-c2ccnc(n2)Cc2ccc(N3CCOCC3)c(c2)CN[C@H]1CO. The Bertz CT molecular complexity index is 1190. The van der Waals surface area contributed by atoms with Gasteiger partial charge in [-0.2, -0.15) is 0 Å². The molecule has 8 heteroatoms. The summed E-state index contributed by atoms with van der Waals surface area (Å²) in [5.41, 5.74) is 6.48. The first-order valence-corrected chi connectivity index (χ1v) is 13.1. The summed E-state index contributed by atoms with van der Waals surface area (Å²) in [6.07, 6.45) is 3.58. The van der Waals surface area contributed by atoms with Gasteiger partial charge >= 0.3 is 0 Å². The quantitative estimate of drug-likeness (QED) is 0.493. The average molecular weight is 502 g/mol. The molecule has 1 saturated heterocycles. The highest BCUT2D eigenvalue weighted by Crippen LogP contribution is 2.25. The van der Waals surface area contributed by atoms with E-state index < -0.39 is 6.04 Å². The number of hydrogen-bond donors (Lipinski definition) is 3. The van der Waals surface area contributed by atoms with Crippen LogP contribution in [0.3, 0.4) is 0 Å². The second-order valence-corrected chi connectivity index (χ2v) is 9.66. The van der Waals surface area contributed by atoms with E-state index in [-0.39, 0.29) is 12.4 Å². The summed E-state index contributed by atoms with van der Waals surface area (Å²) < 4.78 is 5.55. The number of morpholine rings is 1. The summed E-state index contributed by atoms with van der Waals surface area (Å²) in [5.74, 6) is 0.802. The number of fused-ring (bicyclic) bond motifs is 10. The molecule has 3 N–H and O–H groups in total. The molecule has 3 aliphatic rings. The first-order chi connectivity index (χ1) is 18.2. The lowest BCUT2D eigenvalue weighted by Gasteiger charge is -2.31. The topological polar surface area (TPSA) is 99.6 Å². The molecule has 3 aromatic rings. The molecule has 0 radical (unpaired) electrons. The smallest absolute Gasteiger partial charge is 0.152 e. The zero-order chi connectivity index (χ0) is 25.5. The number of nitrogens with one attached hydrogen (secondary N) is 2. The molecule has 0 unspecified atom stereocenters. The van der Waals surface area contributed by atoms with Gasteiger partial charge in [-0.25, -0.2) is 9.97 Å². The molecule has 2 aromatic carbocycles. The molecule has 6 rings (SSSR count). The summed E-state index contributed by atoms with van der Waals surface area (Å²) in [7, 11) is 0. The van der Waals surface area contributed by atoms with Crippen molar-refractivity contribution in [3.8, 4) is 11.3 Å². The normalized spacial score (nSPS) is 19.5. The van der Waals surface area contributed by atoms with Gasteiger partial charge in [-0.05, 0) is 41.8 Å². The van der Waals surface area contributed by atoms with Crippen molar-refractivity contribution < 1.29 is 14.6 Å². The van der Waals surface area contributed by atoms with Crippen LogP contribution in [0.4, 0.5) is 5.69 Å². The molecule has 37 heavy (non-hydrogen) atoms. The van der Waals surface area contributed by atoms with E-state index in [1.54, 1.807) is 0 Å². The maximum atomic E-state index is 12.8. The van der Waals surface area contributed by atoms with Gasteiger partial charge in [0.15, 0.2) is 5.78 Å². The van der Waals surface area contributed by atoms with Crippen LogP contribution in [0.5, 0.6) is 0 Å². The van der Waals surface area contributed by atoms with Crippen LogP contribution < -0.4 is 15.5 Å². The molecule has 8 nitrogen and oxygen atoms in total. The molecule has 0 saturated carbocycles. The zero-order valence-electron chi connectivity index (χ0n) is 21.2. The maximum Gasteiger partial charge on any atom is 0.152 e. The van der Waals surface area contributed by atoms with Crippen LogP contribution in [0, 0.1) is 0 Å². The van der Waals surface area contributed by atoms with E-state index >= 15 is 0 Å². The van der Waals surface area contributed by atoms with Crippen molar-refractivity contribution in [1.82, 2.24) is 20.6 Å². The Morgan fingerprint density at radius 1 is 1.03 bits per heavy atom. The number of aliphatic hydroxyl groups excluding tert-OH is 1. The van der Waals surface area contributed by atoms with Gasteiger partial charge in [-0.15, -0.1) is 0 Å². The molecule has 1 aromatic heterocycles. The minimum atomic E-state index is -0.584. The highest BCUT2D eigenvalue weighted by Gasteiger charge is 2.20. The fourth-order valence-electron chi connectivity index (χ4n) is 4.93. The number of anilines is 1. The maximum absolute atomic E-state index is 12.8. The largest absolute Gasteiger partial charge is 0.394 e. The van der Waals surface area contributed by atoms with Crippen molar-refractivity contribution in [3.63, 3.8) is 0 Å². The van der Waals surface area contributed by atoms with Crippen molar-refractivity contribution in [2.45, 2.75) is 38.4 Å². The summed E-state index contributed by atoms with van der Waals surface area (Å²) >= 11 is 0. The van der Waals surface area contributed by atoms with Crippen LogP contribution in [0.2, 0.25) is 0 Å². The fraction of sp³-hybridized carbons (Fsp3) is 0.414. The molecule has 1 fully saturated rings. The van der Waals surface area contributed by atoms with Gasteiger partial charge in [0, 0.05) is 56.5 Å². The van der Waals surface area contributed by atoms with E-state index in [4.69, 9.17) is 9.72 Å². The van der Waals surface area contributed by atoms with E-state index in [1.165, 1.54) is 5.56 Å². The van der Waals surface area contributed by atoms with Crippen molar-refractivity contribution in [1.29, 1.82) is 0 Å². The van der Waals surface area contributed by atoms with Gasteiger partial charge in [-0.3, -0.25) is 4.79 Å². The molecule has 1 atom stereocenters. The molecular weight excluding hydrogens is 466 g/mol. The number of hydrogen-bond acceptors (Lipinski definition) is 8. The summed E-state index contributed by atoms with van der Waals surface area (Å²) in [6.45, 7) is 4.80. The van der Waals surface area contributed by atoms with Gasteiger partial charge in [-0.1, -0.05) is 36.4 Å². The third-order valence-electron chi connectivity index (χ3n) is 7.03. The fourth-order valence-corrected chi connectivity index (χ4v) is 4.93. The second kappa shape index (κ2) is 12.4.